The Hall–Kier alpha value is -2.11. The van der Waals surface area contributed by atoms with E-state index in [1.165, 1.54) is 13.2 Å². The van der Waals surface area contributed by atoms with Crippen LogP contribution >= 0.6 is 0 Å². The normalized spacial score (nSPS) is 10.4. The molecule has 0 radical (unpaired) electrons. The first-order chi connectivity index (χ1) is 7.61. The highest BCUT2D eigenvalue weighted by molar-refractivity contribution is 5.63. The van der Waals surface area contributed by atoms with Gasteiger partial charge in [0.25, 0.3) is 0 Å². The number of hydrogen-bond acceptors (Lipinski definition) is 3. The van der Waals surface area contributed by atoms with E-state index in [9.17, 15) is 8.78 Å². The molecule has 0 fully saturated rings. The quantitative estimate of drug-likeness (QED) is 0.820. The number of methoxy groups -OCH3 is 1. The van der Waals surface area contributed by atoms with Crippen molar-refractivity contribution in [1.82, 2.24) is 10.2 Å². The van der Waals surface area contributed by atoms with Gasteiger partial charge in [0.1, 0.15) is 5.82 Å². The second-order valence-electron chi connectivity index (χ2n) is 3.18. The van der Waals surface area contributed by atoms with Crippen LogP contribution in [0.4, 0.5) is 14.6 Å². The van der Waals surface area contributed by atoms with Gasteiger partial charge in [-0.05, 0) is 12.1 Å². The number of anilines is 1. The summed E-state index contributed by atoms with van der Waals surface area (Å²) in [5.41, 5.74) is 6.16. The molecule has 0 aliphatic carbocycles. The van der Waals surface area contributed by atoms with Crippen LogP contribution in [-0.2, 0) is 0 Å². The first kappa shape index (κ1) is 10.4. The Bertz CT molecular complexity index is 502. The molecule has 2 rings (SSSR count). The minimum absolute atomic E-state index is 0.256. The zero-order valence-corrected chi connectivity index (χ0v) is 8.42. The summed E-state index contributed by atoms with van der Waals surface area (Å²) in [7, 11) is 1.20. The van der Waals surface area contributed by atoms with E-state index in [4.69, 9.17) is 5.73 Å². The van der Waals surface area contributed by atoms with E-state index in [0.29, 0.717) is 11.3 Å². The molecule has 0 unspecified atom stereocenters. The molecule has 6 heteroatoms. The number of H-pyrrole nitrogens is 1. The third kappa shape index (κ3) is 1.69. The number of aromatic amines is 1. The Labute approximate surface area is 90.0 Å². The SMILES string of the molecule is COc1c(F)cc(-c2cc(N)n[nH]2)cc1F. The monoisotopic (exact) mass is 225 g/mol. The smallest absolute Gasteiger partial charge is 0.190 e. The van der Waals surface area contributed by atoms with E-state index in [1.807, 2.05) is 0 Å². The van der Waals surface area contributed by atoms with Crippen molar-refractivity contribution in [2.24, 2.45) is 0 Å². The molecule has 2 aromatic rings. The van der Waals surface area contributed by atoms with Gasteiger partial charge in [0.2, 0.25) is 0 Å². The van der Waals surface area contributed by atoms with Crippen LogP contribution in [0.3, 0.4) is 0 Å². The highest BCUT2D eigenvalue weighted by Gasteiger charge is 2.13. The third-order valence-electron chi connectivity index (χ3n) is 2.11. The number of ether oxygens (including phenoxy) is 1. The van der Waals surface area contributed by atoms with Crippen molar-refractivity contribution in [3.63, 3.8) is 0 Å². The number of aromatic nitrogens is 2. The van der Waals surface area contributed by atoms with Gasteiger partial charge in [-0.1, -0.05) is 0 Å². The molecule has 84 valence electrons. The Morgan fingerprint density at radius 2 is 1.88 bits per heavy atom. The summed E-state index contributed by atoms with van der Waals surface area (Å²) < 4.78 is 31.3. The average Bonchev–Trinajstić information content (AvgIpc) is 2.64. The molecule has 0 bridgehead atoms. The maximum Gasteiger partial charge on any atom is 0.190 e. The zero-order valence-electron chi connectivity index (χ0n) is 8.42. The molecule has 0 saturated heterocycles. The predicted octanol–water partition coefficient (Wildman–Crippen LogP) is 1.95. The van der Waals surface area contributed by atoms with Crippen LogP contribution in [0, 0.1) is 11.6 Å². The van der Waals surface area contributed by atoms with E-state index in [-0.39, 0.29) is 5.82 Å². The van der Waals surface area contributed by atoms with Crippen LogP contribution in [0.15, 0.2) is 18.2 Å². The van der Waals surface area contributed by atoms with Crippen molar-refractivity contribution >= 4 is 5.82 Å². The fraction of sp³-hybridized carbons (Fsp3) is 0.100. The van der Waals surface area contributed by atoms with Gasteiger partial charge in [-0.2, -0.15) is 5.10 Å². The van der Waals surface area contributed by atoms with Crippen molar-refractivity contribution in [2.45, 2.75) is 0 Å². The number of nitrogen functional groups attached to an aromatic ring is 1. The second-order valence-corrected chi connectivity index (χ2v) is 3.18. The lowest BCUT2D eigenvalue weighted by Gasteiger charge is -2.05. The third-order valence-corrected chi connectivity index (χ3v) is 2.11. The highest BCUT2D eigenvalue weighted by atomic mass is 19.1. The zero-order chi connectivity index (χ0) is 11.7. The van der Waals surface area contributed by atoms with Crippen LogP contribution in [0.5, 0.6) is 5.75 Å². The maximum absolute atomic E-state index is 13.4. The molecule has 0 atom stereocenters. The van der Waals surface area contributed by atoms with Gasteiger partial charge in [0.15, 0.2) is 17.4 Å². The number of hydrogen-bond donors (Lipinski definition) is 2. The molecular weight excluding hydrogens is 216 g/mol. The molecule has 16 heavy (non-hydrogen) atoms. The van der Waals surface area contributed by atoms with Crippen LogP contribution in [0.2, 0.25) is 0 Å². The minimum atomic E-state index is -0.773. The summed E-state index contributed by atoms with van der Waals surface area (Å²) in [6, 6.07) is 3.78. The van der Waals surface area contributed by atoms with Crippen LogP contribution in [0.1, 0.15) is 0 Å². The molecule has 0 spiro atoms. The summed E-state index contributed by atoms with van der Waals surface area (Å²) >= 11 is 0. The summed E-state index contributed by atoms with van der Waals surface area (Å²) in [5, 5.41) is 6.24. The maximum atomic E-state index is 13.4. The van der Waals surface area contributed by atoms with Gasteiger partial charge in [-0.25, -0.2) is 8.78 Å². The van der Waals surface area contributed by atoms with Crippen molar-refractivity contribution in [3.05, 3.63) is 29.8 Å². The number of benzene rings is 1. The highest BCUT2D eigenvalue weighted by Crippen LogP contribution is 2.28. The number of halogens is 2. The lowest BCUT2D eigenvalue weighted by Crippen LogP contribution is -1.93. The van der Waals surface area contributed by atoms with Crippen molar-refractivity contribution in [2.75, 3.05) is 12.8 Å². The summed E-state index contributed by atoms with van der Waals surface area (Å²) in [6.07, 6.45) is 0. The van der Waals surface area contributed by atoms with Gasteiger partial charge in [-0.3, -0.25) is 5.10 Å². The topological polar surface area (TPSA) is 63.9 Å². The minimum Gasteiger partial charge on any atom is -0.491 e. The van der Waals surface area contributed by atoms with Crippen LogP contribution in [-0.4, -0.2) is 17.3 Å². The molecule has 4 nitrogen and oxygen atoms in total. The van der Waals surface area contributed by atoms with Crippen molar-refractivity contribution in [3.8, 4) is 17.0 Å². The first-order valence-electron chi connectivity index (χ1n) is 4.46. The summed E-state index contributed by atoms with van der Waals surface area (Å²) in [4.78, 5) is 0. The molecule has 0 aliphatic heterocycles. The first-order valence-corrected chi connectivity index (χ1v) is 4.46. The van der Waals surface area contributed by atoms with Crippen LogP contribution < -0.4 is 10.5 Å². The predicted molar refractivity (Wildman–Crippen MR) is 54.9 cm³/mol. The lowest BCUT2D eigenvalue weighted by atomic mass is 10.1. The molecule has 0 saturated carbocycles. The number of nitrogens with zero attached hydrogens (tertiary/aromatic N) is 1. The molecule has 3 N–H and O–H groups in total. The van der Waals surface area contributed by atoms with E-state index in [0.717, 1.165) is 12.1 Å². The Kier molecular flexibility index (Phi) is 2.47. The number of nitrogens with two attached hydrogens (primary N) is 1. The fourth-order valence-electron chi connectivity index (χ4n) is 1.40. The lowest BCUT2D eigenvalue weighted by molar-refractivity contribution is 0.360. The Morgan fingerprint density at radius 1 is 1.25 bits per heavy atom. The molecule has 1 aromatic carbocycles. The molecule has 0 aliphatic rings. The standard InChI is InChI=1S/C10H9F2N3O/c1-16-10-6(11)2-5(3-7(10)12)8-4-9(13)15-14-8/h2-4H,1H3,(H3,13,14,15). The molecule has 0 amide bonds. The van der Waals surface area contributed by atoms with E-state index >= 15 is 0 Å². The van der Waals surface area contributed by atoms with E-state index < -0.39 is 17.4 Å². The number of rotatable bonds is 2. The molecule has 1 aromatic heterocycles. The van der Waals surface area contributed by atoms with Gasteiger partial charge in [-0.15, -0.1) is 0 Å². The average molecular weight is 225 g/mol. The van der Waals surface area contributed by atoms with E-state index in [2.05, 4.69) is 14.9 Å². The summed E-state index contributed by atoms with van der Waals surface area (Å²) in [6.45, 7) is 0. The Balaban J connectivity index is 2.52. The van der Waals surface area contributed by atoms with Gasteiger partial charge in [0, 0.05) is 11.6 Å². The van der Waals surface area contributed by atoms with Gasteiger partial charge < -0.3 is 10.5 Å². The molecule has 1 heterocycles. The summed E-state index contributed by atoms with van der Waals surface area (Å²) in [5.74, 6) is -1.70. The second kappa shape index (κ2) is 3.80. The van der Waals surface area contributed by atoms with E-state index in [1.54, 1.807) is 0 Å². The van der Waals surface area contributed by atoms with Gasteiger partial charge in [0.05, 0.1) is 12.8 Å². The largest absolute Gasteiger partial charge is 0.491 e. The molecular formula is C10H9F2N3O. The van der Waals surface area contributed by atoms with Crippen molar-refractivity contribution in [1.29, 1.82) is 0 Å². The number of nitrogens with one attached hydrogen (secondary N) is 1. The Morgan fingerprint density at radius 3 is 2.31 bits per heavy atom. The van der Waals surface area contributed by atoms with Crippen LogP contribution in [0.25, 0.3) is 11.3 Å². The fourth-order valence-corrected chi connectivity index (χ4v) is 1.40. The van der Waals surface area contributed by atoms with Gasteiger partial charge >= 0.3 is 0 Å². The van der Waals surface area contributed by atoms with Crippen molar-refractivity contribution < 1.29 is 13.5 Å².